The number of thiophene rings is 2. The first-order valence-corrected chi connectivity index (χ1v) is 21.9. The Hall–Kier alpha value is -4.04. The molecule has 2 unspecified atom stereocenters. The van der Waals surface area contributed by atoms with E-state index in [9.17, 15) is 0 Å². The van der Waals surface area contributed by atoms with E-state index in [1.54, 1.807) is 22.7 Å². The molecule has 0 aliphatic carbocycles. The first-order valence-electron chi connectivity index (χ1n) is 18.5. The summed E-state index contributed by atoms with van der Waals surface area (Å²) < 4.78 is 2.44. The van der Waals surface area contributed by atoms with Crippen LogP contribution in [0.15, 0.2) is 84.1 Å². The lowest BCUT2D eigenvalue weighted by Crippen LogP contribution is -2.18. The predicted molar refractivity (Wildman–Crippen MR) is 229 cm³/mol. The maximum atomic E-state index is 4.64. The van der Waals surface area contributed by atoms with Gasteiger partial charge in [-0.25, -0.2) is 19.9 Å². The zero-order valence-corrected chi connectivity index (χ0v) is 32.9. The Labute approximate surface area is 325 Å². The van der Waals surface area contributed by atoms with Crippen LogP contribution < -0.4 is 16.0 Å². The normalized spacial score (nSPS) is 18.5. The summed E-state index contributed by atoms with van der Waals surface area (Å²) in [5, 5.41) is 13.1. The molecule has 6 aromatic heterocycles. The Morgan fingerprint density at radius 2 is 1.21 bits per heavy atom. The monoisotopic (exact) mass is 774 g/mol. The lowest BCUT2D eigenvalue weighted by Gasteiger charge is -2.13. The number of benzene rings is 2. The van der Waals surface area contributed by atoms with E-state index in [2.05, 4.69) is 108 Å². The molecule has 2 saturated heterocycles. The lowest BCUT2D eigenvalue weighted by atomic mass is 9.98. The fraction of sp³-hybridized carbons (Fsp3) is 0.317. The van der Waals surface area contributed by atoms with E-state index in [1.165, 1.54) is 81.5 Å². The third kappa shape index (κ3) is 7.80. The second-order valence-electron chi connectivity index (χ2n) is 14.1. The summed E-state index contributed by atoms with van der Waals surface area (Å²) in [4.78, 5) is 25.8. The Bertz CT molecular complexity index is 2470. The highest BCUT2D eigenvalue weighted by atomic mass is 32.1. The smallest absolute Gasteiger partial charge is 0.125 e. The van der Waals surface area contributed by atoms with Gasteiger partial charge in [0.1, 0.15) is 9.66 Å². The van der Waals surface area contributed by atoms with Crippen molar-refractivity contribution in [1.82, 2.24) is 30.2 Å². The van der Waals surface area contributed by atoms with E-state index < -0.39 is 0 Å². The van der Waals surface area contributed by atoms with Crippen LogP contribution in [0.2, 0.25) is 0 Å². The Morgan fingerprint density at radius 1 is 0.623 bits per heavy atom. The van der Waals surface area contributed by atoms with Gasteiger partial charge in [0.2, 0.25) is 0 Å². The molecule has 0 saturated carbocycles. The van der Waals surface area contributed by atoms with Crippen molar-refractivity contribution >= 4 is 109 Å². The summed E-state index contributed by atoms with van der Waals surface area (Å²) >= 11 is 7.06. The fourth-order valence-corrected chi connectivity index (χ4v) is 11.3. The molecule has 12 heteroatoms. The zero-order valence-electron chi connectivity index (χ0n) is 29.7. The minimum absolute atomic E-state index is 0.656. The number of hydrogen-bond donors (Lipinski definition) is 3. The molecule has 2 aliphatic heterocycles. The van der Waals surface area contributed by atoms with Crippen LogP contribution >= 0.6 is 45.3 Å². The van der Waals surface area contributed by atoms with Gasteiger partial charge in [-0.3, -0.25) is 0 Å². The van der Waals surface area contributed by atoms with Gasteiger partial charge in [-0.05, 0) is 144 Å². The quantitative estimate of drug-likeness (QED) is 0.154. The second kappa shape index (κ2) is 15.7. The first-order chi connectivity index (χ1) is 26.1. The molecule has 2 atom stereocenters. The van der Waals surface area contributed by atoms with Crippen molar-refractivity contribution in [2.75, 3.05) is 43.9 Å². The van der Waals surface area contributed by atoms with Crippen LogP contribution in [0.1, 0.15) is 60.1 Å². The van der Waals surface area contributed by atoms with Crippen molar-refractivity contribution in [1.29, 1.82) is 0 Å². The number of likely N-dealkylation sites (tertiary alicyclic amines) is 1. The second-order valence-corrected chi connectivity index (χ2v) is 18.0. The van der Waals surface area contributed by atoms with Gasteiger partial charge >= 0.3 is 0 Å². The van der Waals surface area contributed by atoms with Gasteiger partial charge in [-0.15, -0.1) is 45.3 Å². The molecule has 2 aromatic carbocycles. The maximum absolute atomic E-state index is 4.64. The molecule has 53 heavy (non-hydrogen) atoms. The number of nitrogens with zero attached hydrogens (tertiary/aromatic N) is 5. The summed E-state index contributed by atoms with van der Waals surface area (Å²) in [5.41, 5.74) is 10.3. The Balaban J connectivity index is 0.000000141. The fourth-order valence-electron chi connectivity index (χ4n) is 7.55. The van der Waals surface area contributed by atoms with Crippen LogP contribution in [0.5, 0.6) is 0 Å². The number of thiazole rings is 2. The minimum atomic E-state index is 0.656. The van der Waals surface area contributed by atoms with Crippen LogP contribution in [0.25, 0.3) is 40.9 Å². The van der Waals surface area contributed by atoms with Gasteiger partial charge in [0.25, 0.3) is 0 Å². The van der Waals surface area contributed by atoms with E-state index >= 15 is 0 Å². The average molecular weight is 775 g/mol. The summed E-state index contributed by atoms with van der Waals surface area (Å²) in [6.45, 7) is 4.66. The molecule has 0 spiro atoms. The summed E-state index contributed by atoms with van der Waals surface area (Å²) in [6, 6.07) is 21.6. The Kier molecular flexibility index (Phi) is 10.3. The van der Waals surface area contributed by atoms with Crippen LogP contribution in [-0.2, 0) is 0 Å². The topological polar surface area (TPSA) is 90.9 Å². The SMILES string of the molecule is CN1CCCC(c2cc3c(Nc4ccc5scnc5c4)ccnc3s2)CC1.c1cc(Nc2ccc3scnc3c2)c2cc(C3CCCNCC3)sc2n1. The number of nitrogens with one attached hydrogen (secondary N) is 3. The van der Waals surface area contributed by atoms with Gasteiger partial charge in [0, 0.05) is 44.3 Å². The van der Waals surface area contributed by atoms with E-state index in [1.807, 2.05) is 46.1 Å². The number of fused-ring (bicyclic) bond motifs is 4. The summed E-state index contributed by atoms with van der Waals surface area (Å²) in [7, 11) is 2.23. The number of rotatable bonds is 6. The molecule has 2 fully saturated rings. The van der Waals surface area contributed by atoms with E-state index in [4.69, 9.17) is 0 Å². The van der Waals surface area contributed by atoms with Crippen LogP contribution in [0, 0.1) is 0 Å². The number of pyridine rings is 2. The van der Waals surface area contributed by atoms with Gasteiger partial charge < -0.3 is 20.9 Å². The van der Waals surface area contributed by atoms with Crippen molar-refractivity contribution in [3.8, 4) is 0 Å². The molecule has 2 aliphatic rings. The average Bonchev–Trinajstić information content (AvgIpc) is 3.96. The molecule has 0 bridgehead atoms. The standard InChI is InChI=1S/C21H22N4S2.C20H20N4S2/c1-25-9-2-3-14(7-10-25)20-12-16-17(6-8-22-21(16)27-20)24-15-4-5-19-18(11-15)23-13-26-19;1-2-13(5-8-21-7-1)19-11-15-16(6-9-22-20(15)26-19)24-14-3-4-18-17(10-14)23-12-25-18/h4-6,8,11-14H,2-3,7,9-10H2,1H3,(H,22,24);3-4,6,9-13,21H,1-2,5,7-8H2,(H,22,24). The molecule has 0 amide bonds. The third-order valence-electron chi connectivity index (χ3n) is 10.5. The van der Waals surface area contributed by atoms with Crippen molar-refractivity contribution in [2.45, 2.75) is 50.4 Å². The summed E-state index contributed by atoms with van der Waals surface area (Å²) in [5.74, 6) is 1.32. The zero-order chi connectivity index (χ0) is 35.6. The van der Waals surface area contributed by atoms with Crippen LogP contribution in [0.4, 0.5) is 22.7 Å². The van der Waals surface area contributed by atoms with Crippen molar-refractivity contribution in [3.63, 3.8) is 0 Å². The minimum Gasteiger partial charge on any atom is -0.355 e. The van der Waals surface area contributed by atoms with Gasteiger partial charge in [-0.2, -0.15) is 0 Å². The molecule has 10 rings (SSSR count). The number of hydrogen-bond acceptors (Lipinski definition) is 12. The third-order valence-corrected chi connectivity index (χ3v) is 14.5. The molecule has 0 radical (unpaired) electrons. The molecule has 8 nitrogen and oxygen atoms in total. The number of aromatic nitrogens is 4. The molecule has 270 valence electrons. The van der Waals surface area contributed by atoms with Crippen LogP contribution in [-0.4, -0.2) is 58.1 Å². The molecular formula is C41H42N8S4. The van der Waals surface area contributed by atoms with E-state index in [0.29, 0.717) is 11.8 Å². The van der Waals surface area contributed by atoms with Crippen molar-refractivity contribution in [2.24, 2.45) is 0 Å². The number of anilines is 4. The lowest BCUT2D eigenvalue weighted by molar-refractivity contribution is 0.347. The van der Waals surface area contributed by atoms with E-state index in [0.717, 1.165) is 56.5 Å². The van der Waals surface area contributed by atoms with Gasteiger partial charge in [0.05, 0.1) is 42.8 Å². The van der Waals surface area contributed by atoms with Gasteiger partial charge in [-0.1, -0.05) is 0 Å². The highest BCUT2D eigenvalue weighted by molar-refractivity contribution is 7.19. The Morgan fingerprint density at radius 3 is 1.83 bits per heavy atom. The molecule has 8 heterocycles. The molecular weight excluding hydrogens is 733 g/mol. The first kappa shape index (κ1) is 34.7. The molecule has 8 aromatic rings. The van der Waals surface area contributed by atoms with Crippen molar-refractivity contribution in [3.05, 3.63) is 93.8 Å². The molecule has 3 N–H and O–H groups in total. The highest BCUT2D eigenvalue weighted by Gasteiger charge is 2.21. The highest BCUT2D eigenvalue weighted by Crippen LogP contribution is 2.40. The largest absolute Gasteiger partial charge is 0.355 e. The van der Waals surface area contributed by atoms with Crippen LogP contribution in [0.3, 0.4) is 0 Å². The van der Waals surface area contributed by atoms with E-state index in [-0.39, 0.29) is 0 Å². The predicted octanol–water partition coefficient (Wildman–Crippen LogP) is 11.4. The van der Waals surface area contributed by atoms with Crippen molar-refractivity contribution < 1.29 is 0 Å². The maximum Gasteiger partial charge on any atom is 0.125 e. The van der Waals surface area contributed by atoms with Gasteiger partial charge in [0.15, 0.2) is 0 Å². The summed E-state index contributed by atoms with van der Waals surface area (Å²) in [6.07, 6.45) is 11.4.